The summed E-state index contributed by atoms with van der Waals surface area (Å²) in [5, 5.41) is 4.42. The lowest BCUT2D eigenvalue weighted by Crippen LogP contribution is -2.28. The summed E-state index contributed by atoms with van der Waals surface area (Å²) in [4.78, 5) is 4.59. The Kier molecular flexibility index (Phi) is 15.7. The summed E-state index contributed by atoms with van der Waals surface area (Å²) >= 11 is 0. The van der Waals surface area contributed by atoms with Crippen molar-refractivity contribution in [3.05, 3.63) is 469 Å². The maximum Gasteiger partial charge on any atom is 0.137 e. The van der Waals surface area contributed by atoms with Crippen LogP contribution < -0.4 is 9.80 Å². The van der Waals surface area contributed by atoms with Gasteiger partial charge in [-0.25, -0.2) is 0 Å². The minimum atomic E-state index is -0.549. The summed E-state index contributed by atoms with van der Waals surface area (Å²) in [6.07, 6.45) is 0. The predicted molar refractivity (Wildman–Crippen MR) is 448 cm³/mol. The van der Waals surface area contributed by atoms with Crippen LogP contribution in [0.4, 0.5) is 34.1 Å². The second-order valence-corrected chi connectivity index (χ2v) is 28.1. The average molecular weight is 1380 g/mol. The molecule has 0 saturated heterocycles. The molecule has 0 spiro atoms. The molecule has 21 rings (SSSR count). The number of fused-ring (bicyclic) bond motifs is 12. The Bertz CT molecular complexity index is 6440. The fourth-order valence-electron chi connectivity index (χ4n) is 17.5. The van der Waals surface area contributed by atoms with Gasteiger partial charge in [0.15, 0.2) is 0 Å². The van der Waals surface area contributed by atoms with E-state index in [2.05, 4.69) is 434 Å². The Morgan fingerprint density at radius 3 is 0.815 bits per heavy atom. The lowest BCUT2D eigenvalue weighted by Gasteiger charge is -2.34. The molecule has 0 aliphatic heterocycles. The van der Waals surface area contributed by atoms with Crippen LogP contribution in [-0.2, 0) is 10.8 Å². The van der Waals surface area contributed by atoms with Crippen molar-refractivity contribution in [3.8, 4) is 55.6 Å². The van der Waals surface area contributed by atoms with Gasteiger partial charge in [-0.15, -0.1) is 0 Å². The fourth-order valence-corrected chi connectivity index (χ4v) is 17.5. The van der Waals surface area contributed by atoms with Crippen molar-refractivity contribution >= 4 is 78.0 Å². The first kappa shape index (κ1) is 63.6. The minimum absolute atomic E-state index is 0.469. The van der Waals surface area contributed by atoms with Crippen LogP contribution in [0, 0.1) is 0 Å². The van der Waals surface area contributed by atoms with E-state index in [0.717, 1.165) is 78.0 Å². The monoisotopic (exact) mass is 1380 g/mol. The number of rotatable bonds is 13. The molecule has 0 radical (unpaired) electrons. The van der Waals surface area contributed by atoms with Crippen LogP contribution in [0.25, 0.3) is 99.5 Å². The highest BCUT2D eigenvalue weighted by atomic mass is 16.3. The van der Waals surface area contributed by atoms with Gasteiger partial charge in [0.1, 0.15) is 22.3 Å². The zero-order valence-electron chi connectivity index (χ0n) is 59.1. The van der Waals surface area contributed by atoms with E-state index in [1.165, 1.54) is 100 Å². The number of para-hydroxylation sites is 2. The highest BCUT2D eigenvalue weighted by Crippen LogP contribution is 2.59. The highest BCUT2D eigenvalue weighted by Gasteiger charge is 2.48. The first-order valence-corrected chi connectivity index (χ1v) is 37.1. The van der Waals surface area contributed by atoms with Crippen molar-refractivity contribution in [3.63, 3.8) is 0 Å². The Hall–Kier alpha value is -14.1. The van der Waals surface area contributed by atoms with E-state index < -0.39 is 10.8 Å². The molecule has 0 amide bonds. The van der Waals surface area contributed by atoms with E-state index in [4.69, 9.17) is 8.83 Å². The van der Waals surface area contributed by atoms with Crippen LogP contribution in [-0.4, -0.2) is 0 Å². The van der Waals surface area contributed by atoms with Crippen molar-refractivity contribution in [1.29, 1.82) is 0 Å². The molecule has 0 saturated carbocycles. The average Bonchev–Trinajstić information content (AvgIpc) is 1.36. The molecule has 0 fully saturated rings. The van der Waals surface area contributed by atoms with Gasteiger partial charge in [-0.05, 0) is 191 Å². The van der Waals surface area contributed by atoms with Gasteiger partial charge >= 0.3 is 0 Å². The van der Waals surface area contributed by atoms with Gasteiger partial charge < -0.3 is 18.6 Å². The molecule has 4 heteroatoms. The Morgan fingerprint density at radius 2 is 0.426 bits per heavy atom. The molecule has 0 bridgehead atoms. The fraction of sp³-hybridized carbons (Fsp3) is 0.0192. The molecule has 17 aromatic carbocycles. The minimum Gasteiger partial charge on any atom is -0.456 e. The molecule has 4 nitrogen and oxygen atoms in total. The standard InChI is InChI=1S/C55H37NO.C49H33NO/c1-4-15-38(16-5-1)40-27-30-45(31-28-40)56(44-21-8-3-9-22-44)46-32-34-50-49-33-29-43(36-53(49)57-54(50)37-46)55(42-20-14-19-41(35-42)39-17-6-2-7-18-39)51-25-12-10-23-47(51)48-24-11-13-26-52(48)55;1-4-14-34(15-5-1)35-24-27-39(28-25-35)50(38-18-8-3-9-19-38)40-29-31-44-43-30-26-37(32-47(43)51-48(44)33-40)49(36-16-6-2-7-17-36)45-22-12-10-20-41(45)42-21-11-13-23-46(42)49/h1-37H;1-33H. The summed E-state index contributed by atoms with van der Waals surface area (Å²) in [5.41, 5.74) is 31.2. The summed E-state index contributed by atoms with van der Waals surface area (Å²) in [5.74, 6) is 0. The second kappa shape index (κ2) is 26.6. The van der Waals surface area contributed by atoms with Crippen molar-refractivity contribution in [1.82, 2.24) is 0 Å². The summed E-state index contributed by atoms with van der Waals surface area (Å²) in [6.45, 7) is 0. The Balaban J connectivity index is 0.000000143. The van der Waals surface area contributed by atoms with E-state index in [1.807, 2.05) is 0 Å². The second-order valence-electron chi connectivity index (χ2n) is 28.1. The first-order chi connectivity index (χ1) is 53.5. The van der Waals surface area contributed by atoms with Crippen molar-refractivity contribution in [2.75, 3.05) is 9.80 Å². The number of benzene rings is 17. The zero-order valence-corrected chi connectivity index (χ0v) is 59.1. The topological polar surface area (TPSA) is 32.8 Å². The van der Waals surface area contributed by atoms with Crippen molar-refractivity contribution < 1.29 is 8.83 Å². The van der Waals surface area contributed by atoms with Crippen LogP contribution in [0.2, 0.25) is 0 Å². The normalized spacial score (nSPS) is 12.8. The number of nitrogens with zero attached hydrogens (tertiary/aromatic N) is 2. The smallest absolute Gasteiger partial charge is 0.137 e. The predicted octanol–water partition coefficient (Wildman–Crippen LogP) is 27.8. The summed E-state index contributed by atoms with van der Waals surface area (Å²) in [6, 6.07) is 153. The molecule has 0 unspecified atom stereocenters. The largest absolute Gasteiger partial charge is 0.456 e. The lowest BCUT2D eigenvalue weighted by molar-refractivity contribution is 0.665. The molecule has 2 heterocycles. The molecule has 19 aromatic rings. The summed E-state index contributed by atoms with van der Waals surface area (Å²) < 4.78 is 13.7. The molecule has 0 N–H and O–H groups in total. The molecule has 508 valence electrons. The summed E-state index contributed by atoms with van der Waals surface area (Å²) in [7, 11) is 0. The first-order valence-electron chi connectivity index (χ1n) is 37.1. The van der Waals surface area contributed by atoms with Gasteiger partial charge in [-0.3, -0.25) is 0 Å². The molecular weight excluding hydrogens is 1310 g/mol. The Morgan fingerprint density at radius 1 is 0.167 bits per heavy atom. The molecule has 2 aliphatic rings. The van der Waals surface area contributed by atoms with E-state index in [-0.39, 0.29) is 0 Å². The number of hydrogen-bond acceptors (Lipinski definition) is 4. The lowest BCUT2D eigenvalue weighted by atomic mass is 9.67. The van der Waals surface area contributed by atoms with E-state index in [1.54, 1.807) is 0 Å². The maximum atomic E-state index is 6.92. The van der Waals surface area contributed by atoms with Gasteiger partial charge in [0, 0.05) is 67.8 Å². The van der Waals surface area contributed by atoms with Crippen LogP contribution in [0.3, 0.4) is 0 Å². The Labute approximate surface area is 628 Å². The van der Waals surface area contributed by atoms with Gasteiger partial charge in [-0.1, -0.05) is 322 Å². The van der Waals surface area contributed by atoms with Gasteiger partial charge in [0.25, 0.3) is 0 Å². The third-order valence-corrected chi connectivity index (χ3v) is 22.3. The van der Waals surface area contributed by atoms with Gasteiger partial charge in [-0.2, -0.15) is 0 Å². The van der Waals surface area contributed by atoms with Gasteiger partial charge in [0.05, 0.1) is 10.8 Å². The van der Waals surface area contributed by atoms with E-state index in [9.17, 15) is 0 Å². The van der Waals surface area contributed by atoms with Gasteiger partial charge in [0.2, 0.25) is 0 Å². The third kappa shape index (κ3) is 10.6. The third-order valence-electron chi connectivity index (χ3n) is 22.3. The molecule has 2 aromatic heterocycles. The molecule has 0 atom stereocenters. The van der Waals surface area contributed by atoms with E-state index >= 15 is 0 Å². The van der Waals surface area contributed by atoms with Crippen LogP contribution >= 0.6 is 0 Å². The quantitative estimate of drug-likeness (QED) is 0.115. The van der Waals surface area contributed by atoms with Crippen molar-refractivity contribution in [2.45, 2.75) is 10.8 Å². The highest BCUT2D eigenvalue weighted by molar-refractivity contribution is 6.08. The maximum absolute atomic E-state index is 6.92. The SMILES string of the molecule is c1ccc(-c2ccc(N(c3ccccc3)c3ccc4c(c3)oc3cc(C5(c6cccc(-c7ccccc7)c6)c6ccccc6-c6ccccc65)ccc34)cc2)cc1.c1ccc(-c2ccc(N(c3ccccc3)c3ccc4c(c3)oc3cc(C5(c6ccccc6)c6ccccc6-c6ccccc65)ccc34)cc2)cc1. The van der Waals surface area contributed by atoms with Crippen molar-refractivity contribution in [2.24, 2.45) is 0 Å². The number of hydrogen-bond donors (Lipinski definition) is 0. The number of anilines is 6. The molecule has 2 aliphatic carbocycles. The van der Waals surface area contributed by atoms with E-state index in [0.29, 0.717) is 0 Å². The van der Waals surface area contributed by atoms with Crippen LogP contribution in [0.15, 0.2) is 433 Å². The number of furan rings is 2. The zero-order chi connectivity index (χ0) is 71.5. The van der Waals surface area contributed by atoms with Crippen LogP contribution in [0.5, 0.6) is 0 Å². The van der Waals surface area contributed by atoms with Crippen LogP contribution in [0.1, 0.15) is 44.5 Å². The molecular formula is C104H70N2O2. The molecule has 108 heavy (non-hydrogen) atoms.